The highest BCUT2D eigenvalue weighted by Gasteiger charge is 2.27. The minimum Gasteiger partial charge on any atom is -0.452 e. The van der Waals surface area contributed by atoms with E-state index in [-0.39, 0.29) is 15.6 Å². The smallest absolute Gasteiger partial charge is 0.405 e. The van der Waals surface area contributed by atoms with Gasteiger partial charge in [0.2, 0.25) is 0 Å². The fraction of sp³-hybridized carbons (Fsp3) is 0.273. The fourth-order valence-corrected chi connectivity index (χ4v) is 1.48. The summed E-state index contributed by atoms with van der Waals surface area (Å²) in [6, 6.07) is 4.01. The maximum Gasteiger partial charge on any atom is 0.405 e. The van der Waals surface area contributed by atoms with Gasteiger partial charge in [0.05, 0.1) is 10.6 Å². The van der Waals surface area contributed by atoms with Gasteiger partial charge in [0, 0.05) is 5.02 Å². The molecule has 1 aromatic carbocycles. The lowest BCUT2D eigenvalue weighted by Crippen LogP contribution is -2.36. The molecule has 9 heteroatoms. The molecule has 1 amide bonds. The normalized spacial score (nSPS) is 11.1. The molecule has 0 aliphatic carbocycles. The first-order valence-corrected chi connectivity index (χ1v) is 5.90. The molecule has 0 aliphatic heterocycles. The van der Waals surface area contributed by atoms with E-state index in [1.807, 2.05) is 0 Å². The number of esters is 1. The number of halogens is 5. The van der Waals surface area contributed by atoms with E-state index in [1.165, 1.54) is 18.2 Å². The standard InChI is InChI=1S/C11H8Cl2F3NO3/c12-6-1-2-8(13)7(3-6)10(19)20-4-9(18)17-5-11(14,15)16/h1-3H,4-5H2,(H,17,18). The molecule has 0 aliphatic rings. The van der Waals surface area contributed by atoms with Crippen molar-refractivity contribution in [3.8, 4) is 0 Å². The van der Waals surface area contributed by atoms with E-state index in [0.717, 1.165) is 0 Å². The molecule has 4 nitrogen and oxygen atoms in total. The number of carbonyl (C=O) groups excluding carboxylic acids is 2. The first-order chi connectivity index (χ1) is 9.19. The quantitative estimate of drug-likeness (QED) is 0.864. The minimum absolute atomic E-state index is 0.0510. The van der Waals surface area contributed by atoms with E-state index in [4.69, 9.17) is 23.2 Å². The van der Waals surface area contributed by atoms with Gasteiger partial charge in [-0.1, -0.05) is 23.2 Å². The monoisotopic (exact) mass is 329 g/mol. The van der Waals surface area contributed by atoms with E-state index < -0.39 is 31.2 Å². The second kappa shape index (κ2) is 6.81. The van der Waals surface area contributed by atoms with E-state index in [9.17, 15) is 22.8 Å². The Balaban J connectivity index is 2.51. The fourth-order valence-electron chi connectivity index (χ4n) is 1.11. The van der Waals surface area contributed by atoms with Crippen molar-refractivity contribution in [1.82, 2.24) is 5.32 Å². The predicted octanol–water partition coefficient (Wildman–Crippen LogP) is 2.83. The molecule has 0 aromatic heterocycles. The van der Waals surface area contributed by atoms with Gasteiger partial charge in [0.15, 0.2) is 6.61 Å². The van der Waals surface area contributed by atoms with Crippen molar-refractivity contribution in [3.05, 3.63) is 33.8 Å². The maximum absolute atomic E-state index is 11.8. The van der Waals surface area contributed by atoms with E-state index in [0.29, 0.717) is 0 Å². The van der Waals surface area contributed by atoms with Crippen LogP contribution in [-0.2, 0) is 9.53 Å². The van der Waals surface area contributed by atoms with Crippen LogP contribution in [0.2, 0.25) is 10.0 Å². The van der Waals surface area contributed by atoms with E-state index >= 15 is 0 Å². The third kappa shape index (κ3) is 5.66. The number of alkyl halides is 3. The van der Waals surface area contributed by atoms with Gasteiger partial charge in [0.1, 0.15) is 6.54 Å². The first kappa shape index (κ1) is 16.6. The van der Waals surface area contributed by atoms with Gasteiger partial charge in [0.25, 0.3) is 5.91 Å². The predicted molar refractivity (Wildman–Crippen MR) is 65.8 cm³/mol. The molecule has 0 atom stereocenters. The molecular weight excluding hydrogens is 322 g/mol. The Labute approximate surface area is 121 Å². The largest absolute Gasteiger partial charge is 0.452 e. The average molecular weight is 330 g/mol. The Morgan fingerprint density at radius 3 is 2.50 bits per heavy atom. The minimum atomic E-state index is -4.53. The Hall–Kier alpha value is -1.47. The number of rotatable bonds is 4. The third-order valence-corrected chi connectivity index (χ3v) is 2.53. The number of hydrogen-bond acceptors (Lipinski definition) is 3. The van der Waals surface area contributed by atoms with Crippen LogP contribution in [0.4, 0.5) is 13.2 Å². The Kier molecular flexibility index (Phi) is 5.64. The Morgan fingerprint density at radius 2 is 1.90 bits per heavy atom. The highest BCUT2D eigenvalue weighted by molar-refractivity contribution is 6.35. The number of carbonyl (C=O) groups is 2. The third-order valence-electron chi connectivity index (χ3n) is 1.97. The van der Waals surface area contributed by atoms with Crippen LogP contribution >= 0.6 is 23.2 Å². The van der Waals surface area contributed by atoms with Gasteiger partial charge in [-0.2, -0.15) is 13.2 Å². The maximum atomic E-state index is 11.8. The molecule has 0 heterocycles. The van der Waals surface area contributed by atoms with Crippen molar-refractivity contribution < 1.29 is 27.5 Å². The molecule has 1 rings (SSSR count). The summed E-state index contributed by atoms with van der Waals surface area (Å²) in [5, 5.41) is 1.83. The molecule has 0 bridgehead atoms. The van der Waals surface area contributed by atoms with Gasteiger partial charge in [-0.25, -0.2) is 4.79 Å². The number of benzene rings is 1. The molecule has 0 spiro atoms. The van der Waals surface area contributed by atoms with Gasteiger partial charge in [-0.15, -0.1) is 0 Å². The van der Waals surface area contributed by atoms with Crippen LogP contribution in [0.5, 0.6) is 0 Å². The molecule has 0 unspecified atom stereocenters. The van der Waals surface area contributed by atoms with Crippen molar-refractivity contribution in [2.75, 3.05) is 13.2 Å². The summed E-state index contributed by atoms with van der Waals surface area (Å²) in [4.78, 5) is 22.6. The molecule has 0 radical (unpaired) electrons. The van der Waals surface area contributed by atoms with Crippen molar-refractivity contribution >= 4 is 35.1 Å². The number of hydrogen-bond donors (Lipinski definition) is 1. The number of amides is 1. The molecular formula is C11H8Cl2F3NO3. The average Bonchev–Trinajstić information content (AvgIpc) is 2.35. The zero-order valence-corrected chi connectivity index (χ0v) is 11.3. The molecule has 20 heavy (non-hydrogen) atoms. The van der Waals surface area contributed by atoms with Crippen molar-refractivity contribution in [1.29, 1.82) is 0 Å². The van der Waals surface area contributed by atoms with Crippen LogP contribution < -0.4 is 5.32 Å². The molecule has 1 aromatic rings. The zero-order valence-electron chi connectivity index (χ0n) is 9.76. The summed E-state index contributed by atoms with van der Waals surface area (Å²) >= 11 is 11.4. The highest BCUT2D eigenvalue weighted by atomic mass is 35.5. The van der Waals surface area contributed by atoms with E-state index in [1.54, 1.807) is 5.32 Å². The lowest BCUT2D eigenvalue weighted by atomic mass is 10.2. The summed E-state index contributed by atoms with van der Waals surface area (Å²) in [7, 11) is 0. The number of ether oxygens (including phenoxy) is 1. The molecule has 0 saturated carbocycles. The first-order valence-electron chi connectivity index (χ1n) is 5.14. The van der Waals surface area contributed by atoms with Crippen molar-refractivity contribution in [2.24, 2.45) is 0 Å². The second-order valence-corrected chi connectivity index (χ2v) is 4.44. The van der Waals surface area contributed by atoms with Gasteiger partial charge >= 0.3 is 12.1 Å². The van der Waals surface area contributed by atoms with Gasteiger partial charge < -0.3 is 10.1 Å². The summed E-state index contributed by atoms with van der Waals surface area (Å²) in [5.41, 5.74) is -0.0808. The van der Waals surface area contributed by atoms with Crippen LogP contribution in [0.3, 0.4) is 0 Å². The summed E-state index contributed by atoms with van der Waals surface area (Å²) in [6.45, 7) is -2.35. The van der Waals surface area contributed by atoms with Crippen LogP contribution in [-0.4, -0.2) is 31.2 Å². The second-order valence-electron chi connectivity index (χ2n) is 3.59. The van der Waals surface area contributed by atoms with Crippen molar-refractivity contribution in [2.45, 2.75) is 6.18 Å². The number of nitrogens with one attached hydrogen (secondary N) is 1. The van der Waals surface area contributed by atoms with Crippen LogP contribution in [0.25, 0.3) is 0 Å². The highest BCUT2D eigenvalue weighted by Crippen LogP contribution is 2.21. The Bertz CT molecular complexity index is 520. The lowest BCUT2D eigenvalue weighted by Gasteiger charge is -2.09. The Morgan fingerprint density at radius 1 is 1.25 bits per heavy atom. The topological polar surface area (TPSA) is 55.4 Å². The van der Waals surface area contributed by atoms with Crippen LogP contribution in [0.15, 0.2) is 18.2 Å². The summed E-state index contributed by atoms with van der Waals surface area (Å²) in [6.07, 6.45) is -4.53. The molecule has 1 N–H and O–H groups in total. The van der Waals surface area contributed by atoms with E-state index in [2.05, 4.69) is 4.74 Å². The molecule has 0 saturated heterocycles. The van der Waals surface area contributed by atoms with Gasteiger partial charge in [-0.05, 0) is 18.2 Å². The SMILES string of the molecule is O=C(COC(=O)c1cc(Cl)ccc1Cl)NCC(F)(F)F. The lowest BCUT2D eigenvalue weighted by molar-refractivity contribution is -0.140. The summed E-state index contributed by atoms with van der Waals surface area (Å²) < 4.78 is 40.0. The summed E-state index contributed by atoms with van der Waals surface area (Å²) in [5.74, 6) is -2.03. The molecule has 110 valence electrons. The zero-order chi connectivity index (χ0) is 15.3. The van der Waals surface area contributed by atoms with Crippen molar-refractivity contribution in [3.63, 3.8) is 0 Å². The van der Waals surface area contributed by atoms with Crippen LogP contribution in [0, 0.1) is 0 Å². The molecule has 0 fully saturated rings. The van der Waals surface area contributed by atoms with Gasteiger partial charge in [-0.3, -0.25) is 4.79 Å². The van der Waals surface area contributed by atoms with Crippen LogP contribution in [0.1, 0.15) is 10.4 Å².